The lowest BCUT2D eigenvalue weighted by atomic mass is 10.0. The molecule has 0 saturated carbocycles. The van der Waals surface area contributed by atoms with E-state index in [1.54, 1.807) is 10.6 Å². The largest absolute Gasteiger partial charge is 0.488 e. The van der Waals surface area contributed by atoms with Crippen LogP contribution < -0.4 is 24.9 Å². The Hall–Kier alpha value is -4.56. The van der Waals surface area contributed by atoms with E-state index < -0.39 is 6.04 Å². The van der Waals surface area contributed by atoms with E-state index in [1.807, 2.05) is 97.2 Å². The summed E-state index contributed by atoms with van der Waals surface area (Å²) in [5, 5.41) is 14.2. The number of amides is 1. The van der Waals surface area contributed by atoms with Crippen molar-refractivity contribution in [3.05, 3.63) is 147 Å². The van der Waals surface area contributed by atoms with Gasteiger partial charge in [-0.15, -0.1) is 11.3 Å². The number of carbonyl (C=O) groups is 1. The number of aromatic nitrogens is 1. The second kappa shape index (κ2) is 12.4. The Labute approximate surface area is 263 Å². The fourth-order valence-electron chi connectivity index (χ4n) is 4.83. The van der Waals surface area contributed by atoms with Gasteiger partial charge in [0.15, 0.2) is 4.80 Å². The number of ether oxygens (including phenoxy) is 1. The van der Waals surface area contributed by atoms with E-state index in [4.69, 9.17) is 9.73 Å². The van der Waals surface area contributed by atoms with Gasteiger partial charge in [-0.2, -0.15) is 5.26 Å². The van der Waals surface area contributed by atoms with Crippen LogP contribution in [-0.4, -0.2) is 10.5 Å². The SMILES string of the molecule is CC1=C(C(=O)Nc2ccccc2)[C@H](c2cccs2)n2c(s/c(=C/c3ccc(OCc4ccccc4C#N)c(Br)c3)c2=O)=N1. The lowest BCUT2D eigenvalue weighted by Crippen LogP contribution is -2.40. The lowest BCUT2D eigenvalue weighted by molar-refractivity contribution is -0.113. The highest BCUT2D eigenvalue weighted by molar-refractivity contribution is 9.10. The quantitative estimate of drug-likeness (QED) is 0.225. The van der Waals surface area contributed by atoms with Gasteiger partial charge in [-0.25, -0.2) is 4.99 Å². The van der Waals surface area contributed by atoms with Crippen molar-refractivity contribution in [1.29, 1.82) is 5.26 Å². The van der Waals surface area contributed by atoms with Gasteiger partial charge in [0.05, 0.1) is 31.9 Å². The second-order valence-corrected chi connectivity index (χ2v) is 12.5. The summed E-state index contributed by atoms with van der Waals surface area (Å²) in [4.78, 5) is 33.6. The molecule has 0 spiro atoms. The Bertz CT molecular complexity index is 2090. The molecule has 3 aromatic carbocycles. The van der Waals surface area contributed by atoms with Crippen LogP contribution in [0.25, 0.3) is 6.08 Å². The average molecular weight is 668 g/mol. The maximum absolute atomic E-state index is 13.9. The van der Waals surface area contributed by atoms with Crippen molar-refractivity contribution in [2.45, 2.75) is 19.6 Å². The van der Waals surface area contributed by atoms with Crippen LogP contribution in [0.2, 0.25) is 0 Å². The zero-order valence-electron chi connectivity index (χ0n) is 22.8. The minimum Gasteiger partial charge on any atom is -0.488 e. The van der Waals surface area contributed by atoms with Crippen molar-refractivity contribution >= 4 is 56.3 Å². The van der Waals surface area contributed by atoms with Crippen molar-refractivity contribution in [3.63, 3.8) is 0 Å². The molecular formula is C33H23BrN4O3S2. The zero-order chi connectivity index (χ0) is 29.9. The third-order valence-corrected chi connectivity index (χ3v) is 9.41. The predicted octanol–water partition coefficient (Wildman–Crippen LogP) is 6.15. The minimum absolute atomic E-state index is 0.218. The van der Waals surface area contributed by atoms with E-state index in [-0.39, 0.29) is 18.1 Å². The number of hydrogen-bond donors (Lipinski definition) is 1. The number of para-hydroxylation sites is 1. The molecule has 1 atom stereocenters. The van der Waals surface area contributed by atoms with Gasteiger partial charge in [0.25, 0.3) is 11.5 Å². The van der Waals surface area contributed by atoms with Crippen LogP contribution in [0.3, 0.4) is 0 Å². The number of fused-ring (bicyclic) bond motifs is 1. The van der Waals surface area contributed by atoms with Crippen molar-refractivity contribution in [3.8, 4) is 11.8 Å². The molecule has 1 amide bonds. The van der Waals surface area contributed by atoms with E-state index >= 15 is 0 Å². The maximum Gasteiger partial charge on any atom is 0.271 e. The van der Waals surface area contributed by atoms with Crippen molar-refractivity contribution in [2.75, 3.05) is 5.32 Å². The van der Waals surface area contributed by atoms with Crippen LogP contribution in [0.5, 0.6) is 5.75 Å². The number of hydrogen-bond acceptors (Lipinski definition) is 7. The number of nitriles is 1. The van der Waals surface area contributed by atoms with Crippen molar-refractivity contribution in [2.24, 2.45) is 4.99 Å². The Morgan fingerprint density at radius 1 is 1.12 bits per heavy atom. The molecule has 6 rings (SSSR count). The van der Waals surface area contributed by atoms with Gasteiger partial charge in [0, 0.05) is 16.1 Å². The molecule has 1 aliphatic heterocycles. The normalized spacial score (nSPS) is 14.5. The first-order valence-corrected chi connectivity index (χ1v) is 15.7. The van der Waals surface area contributed by atoms with E-state index in [1.165, 1.54) is 22.7 Å². The number of thiazole rings is 1. The van der Waals surface area contributed by atoms with Gasteiger partial charge in [-0.1, -0.05) is 59.9 Å². The Morgan fingerprint density at radius 3 is 2.65 bits per heavy atom. The number of carbonyl (C=O) groups excluding carboxylic acids is 1. The van der Waals surface area contributed by atoms with E-state index in [0.717, 1.165) is 20.5 Å². The molecule has 5 aromatic rings. The smallest absolute Gasteiger partial charge is 0.271 e. The van der Waals surface area contributed by atoms with Crippen molar-refractivity contribution in [1.82, 2.24) is 4.57 Å². The summed E-state index contributed by atoms with van der Waals surface area (Å²) < 4.78 is 8.81. The third-order valence-electron chi connectivity index (χ3n) is 6.89. The van der Waals surface area contributed by atoms with Gasteiger partial charge in [-0.3, -0.25) is 14.2 Å². The summed E-state index contributed by atoms with van der Waals surface area (Å²) in [6.07, 6.45) is 1.82. The second-order valence-electron chi connectivity index (χ2n) is 9.66. The minimum atomic E-state index is -0.596. The van der Waals surface area contributed by atoms with E-state index in [9.17, 15) is 14.9 Å². The molecule has 0 bridgehead atoms. The summed E-state index contributed by atoms with van der Waals surface area (Å²) >= 11 is 6.37. The van der Waals surface area contributed by atoms with E-state index in [2.05, 4.69) is 27.3 Å². The van der Waals surface area contributed by atoms with Crippen LogP contribution in [0.1, 0.15) is 34.5 Å². The number of halogens is 1. The maximum atomic E-state index is 13.9. The van der Waals surface area contributed by atoms with Gasteiger partial charge < -0.3 is 10.1 Å². The molecule has 10 heteroatoms. The summed E-state index contributed by atoms with van der Waals surface area (Å²) in [5.74, 6) is 0.325. The molecule has 0 radical (unpaired) electrons. The zero-order valence-corrected chi connectivity index (χ0v) is 26.0. The third kappa shape index (κ3) is 5.88. The van der Waals surface area contributed by atoms with Gasteiger partial charge in [-0.05, 0) is 76.3 Å². The lowest BCUT2D eigenvalue weighted by Gasteiger charge is -2.24. The molecule has 2 aromatic heterocycles. The van der Waals surface area contributed by atoms with Crippen LogP contribution in [0, 0.1) is 11.3 Å². The van der Waals surface area contributed by atoms with E-state index in [0.29, 0.717) is 37.6 Å². The Morgan fingerprint density at radius 2 is 1.91 bits per heavy atom. The first kappa shape index (κ1) is 28.6. The molecule has 0 fully saturated rings. The average Bonchev–Trinajstić information content (AvgIpc) is 3.65. The molecule has 0 saturated heterocycles. The summed E-state index contributed by atoms with van der Waals surface area (Å²) in [7, 11) is 0. The number of benzene rings is 3. The fourth-order valence-corrected chi connectivity index (χ4v) is 7.21. The number of rotatable bonds is 7. The molecule has 1 aliphatic rings. The Kier molecular flexibility index (Phi) is 8.20. The van der Waals surface area contributed by atoms with Crippen LogP contribution >= 0.6 is 38.6 Å². The highest BCUT2D eigenvalue weighted by atomic mass is 79.9. The molecular weight excluding hydrogens is 644 g/mol. The summed E-state index contributed by atoms with van der Waals surface area (Å²) in [6.45, 7) is 2.06. The fraction of sp³-hybridized carbons (Fsp3) is 0.0909. The summed E-state index contributed by atoms with van der Waals surface area (Å²) in [5.41, 5.74) is 3.63. The topological polar surface area (TPSA) is 96.5 Å². The Balaban J connectivity index is 1.33. The number of nitrogens with one attached hydrogen (secondary N) is 1. The molecule has 0 aliphatic carbocycles. The predicted molar refractivity (Wildman–Crippen MR) is 173 cm³/mol. The molecule has 212 valence electrons. The molecule has 1 N–H and O–H groups in total. The monoisotopic (exact) mass is 666 g/mol. The molecule has 0 unspecified atom stereocenters. The highest BCUT2D eigenvalue weighted by Gasteiger charge is 2.33. The first-order chi connectivity index (χ1) is 20.9. The first-order valence-electron chi connectivity index (χ1n) is 13.3. The summed E-state index contributed by atoms with van der Waals surface area (Å²) in [6, 6.07) is 27.6. The van der Waals surface area contributed by atoms with Gasteiger partial charge in [0.1, 0.15) is 18.4 Å². The number of allylic oxidation sites excluding steroid dienone is 1. The van der Waals surface area contributed by atoms with Crippen molar-refractivity contribution < 1.29 is 9.53 Å². The van der Waals surface area contributed by atoms with Crippen LogP contribution in [0.15, 0.2) is 116 Å². The highest BCUT2D eigenvalue weighted by Crippen LogP contribution is 2.33. The number of nitrogens with zero attached hydrogens (tertiary/aromatic N) is 3. The molecule has 3 heterocycles. The van der Waals surface area contributed by atoms with Crippen LogP contribution in [-0.2, 0) is 11.4 Å². The molecule has 43 heavy (non-hydrogen) atoms. The molecule has 7 nitrogen and oxygen atoms in total. The number of anilines is 1. The van der Waals surface area contributed by atoms with Gasteiger partial charge in [0.2, 0.25) is 0 Å². The van der Waals surface area contributed by atoms with Crippen LogP contribution in [0.4, 0.5) is 5.69 Å². The number of thiophene rings is 1. The standard InChI is InChI=1S/C33H23BrN4O3S2/c1-20-29(31(39)37-24-10-3-2-4-11-24)30(27-12-7-15-42-27)38-32(40)28(43-33(38)36-20)17-21-13-14-26(25(34)16-21)41-19-23-9-6-5-8-22(23)18-35/h2-17,30H,19H2,1H3,(H,37,39)/b28-17+/t30-/m0/s1. The van der Waals surface area contributed by atoms with Gasteiger partial charge >= 0.3 is 0 Å².